The molecule has 6 heteroatoms. The van der Waals surface area contributed by atoms with E-state index in [0.717, 1.165) is 5.69 Å². The number of amides is 1. The largest absolute Gasteiger partial charge is 0.444 e. The Kier molecular flexibility index (Phi) is 4.75. The molecule has 0 spiro atoms. The van der Waals surface area contributed by atoms with Crippen LogP contribution in [-0.4, -0.2) is 42.3 Å². The number of hydrogen-bond acceptors (Lipinski definition) is 4. The molecule has 1 aromatic carbocycles. The van der Waals surface area contributed by atoms with E-state index in [1.54, 1.807) is 4.90 Å². The number of carbonyl (C=O) groups is 1. The summed E-state index contributed by atoms with van der Waals surface area (Å²) >= 11 is 6.27. The van der Waals surface area contributed by atoms with Gasteiger partial charge in [-0.05, 0) is 39.8 Å². The Morgan fingerprint density at radius 3 is 2.59 bits per heavy atom. The fourth-order valence-corrected chi connectivity index (χ4v) is 2.92. The SMILES string of the molecule is C[C@@H]1CN(c2c(N)cccc2Cl)CCN1C(=O)OC(C)(C)C. The Morgan fingerprint density at radius 2 is 2.05 bits per heavy atom. The third-order valence-electron chi connectivity index (χ3n) is 3.59. The molecule has 1 aliphatic heterocycles. The molecule has 0 unspecified atom stereocenters. The van der Waals surface area contributed by atoms with Gasteiger partial charge in [-0.2, -0.15) is 0 Å². The quantitative estimate of drug-likeness (QED) is 0.804. The summed E-state index contributed by atoms with van der Waals surface area (Å²) < 4.78 is 5.45. The van der Waals surface area contributed by atoms with Crippen molar-refractivity contribution in [2.45, 2.75) is 39.3 Å². The predicted molar refractivity (Wildman–Crippen MR) is 90.5 cm³/mol. The van der Waals surface area contributed by atoms with Gasteiger partial charge < -0.3 is 20.3 Å². The number of hydrogen-bond donors (Lipinski definition) is 1. The molecule has 1 saturated heterocycles. The number of halogens is 1. The summed E-state index contributed by atoms with van der Waals surface area (Å²) in [5.74, 6) is 0. The molecule has 2 rings (SSSR count). The van der Waals surface area contributed by atoms with E-state index >= 15 is 0 Å². The fourth-order valence-electron chi connectivity index (χ4n) is 2.62. The van der Waals surface area contributed by atoms with Gasteiger partial charge in [0.25, 0.3) is 0 Å². The van der Waals surface area contributed by atoms with E-state index < -0.39 is 5.60 Å². The van der Waals surface area contributed by atoms with Crippen molar-refractivity contribution in [2.24, 2.45) is 0 Å². The molecule has 1 aliphatic rings. The summed E-state index contributed by atoms with van der Waals surface area (Å²) in [7, 11) is 0. The molecule has 0 bridgehead atoms. The van der Waals surface area contributed by atoms with Gasteiger partial charge >= 0.3 is 6.09 Å². The second-order valence-corrected chi connectivity index (χ2v) is 7.05. The molecule has 22 heavy (non-hydrogen) atoms. The summed E-state index contributed by atoms with van der Waals surface area (Å²) in [6, 6.07) is 5.53. The minimum Gasteiger partial charge on any atom is -0.444 e. The zero-order chi connectivity index (χ0) is 16.5. The number of piperazine rings is 1. The number of para-hydroxylation sites is 1. The summed E-state index contributed by atoms with van der Waals surface area (Å²) in [5, 5.41) is 0.637. The first-order valence-corrected chi connectivity index (χ1v) is 7.85. The van der Waals surface area contributed by atoms with Crippen molar-refractivity contribution >= 4 is 29.1 Å². The Morgan fingerprint density at radius 1 is 1.36 bits per heavy atom. The highest BCUT2D eigenvalue weighted by Crippen LogP contribution is 2.33. The normalized spacial score (nSPS) is 19.2. The molecule has 5 nitrogen and oxygen atoms in total. The Balaban J connectivity index is 2.09. The van der Waals surface area contributed by atoms with Gasteiger partial charge in [0, 0.05) is 25.7 Å². The van der Waals surface area contributed by atoms with Crippen molar-refractivity contribution in [3.05, 3.63) is 23.2 Å². The van der Waals surface area contributed by atoms with Crippen LogP contribution >= 0.6 is 11.6 Å². The van der Waals surface area contributed by atoms with Gasteiger partial charge in [-0.1, -0.05) is 17.7 Å². The predicted octanol–water partition coefficient (Wildman–Crippen LogP) is 3.37. The van der Waals surface area contributed by atoms with Crippen LogP contribution in [0.25, 0.3) is 0 Å². The molecule has 0 radical (unpaired) electrons. The van der Waals surface area contributed by atoms with Crippen molar-refractivity contribution in [3.8, 4) is 0 Å². The van der Waals surface area contributed by atoms with Gasteiger partial charge in [-0.25, -0.2) is 4.79 Å². The lowest BCUT2D eigenvalue weighted by Crippen LogP contribution is -2.55. The zero-order valence-electron chi connectivity index (χ0n) is 13.6. The van der Waals surface area contributed by atoms with Gasteiger partial charge in [-0.3, -0.25) is 0 Å². The lowest BCUT2D eigenvalue weighted by atomic mass is 10.1. The smallest absolute Gasteiger partial charge is 0.410 e. The van der Waals surface area contributed by atoms with Crippen molar-refractivity contribution in [1.29, 1.82) is 0 Å². The summed E-state index contributed by atoms with van der Waals surface area (Å²) in [6.07, 6.45) is -0.271. The topological polar surface area (TPSA) is 58.8 Å². The number of nitrogens with zero attached hydrogens (tertiary/aromatic N) is 2. The third-order valence-corrected chi connectivity index (χ3v) is 3.89. The lowest BCUT2D eigenvalue weighted by molar-refractivity contribution is 0.0159. The van der Waals surface area contributed by atoms with Crippen LogP contribution in [0.2, 0.25) is 5.02 Å². The van der Waals surface area contributed by atoms with Crippen LogP contribution < -0.4 is 10.6 Å². The summed E-state index contributed by atoms with van der Waals surface area (Å²) in [4.78, 5) is 16.1. The monoisotopic (exact) mass is 325 g/mol. The molecule has 1 fully saturated rings. The van der Waals surface area contributed by atoms with Gasteiger partial charge in [0.05, 0.1) is 16.4 Å². The molecule has 1 aromatic rings. The van der Waals surface area contributed by atoms with E-state index in [1.807, 2.05) is 45.9 Å². The van der Waals surface area contributed by atoms with Crippen LogP contribution in [0.3, 0.4) is 0 Å². The van der Waals surface area contributed by atoms with Crippen LogP contribution in [0, 0.1) is 0 Å². The number of ether oxygens (including phenoxy) is 1. The minimum atomic E-state index is -0.485. The van der Waals surface area contributed by atoms with E-state index in [4.69, 9.17) is 22.1 Å². The fraction of sp³-hybridized carbons (Fsp3) is 0.562. The van der Waals surface area contributed by atoms with Gasteiger partial charge in [-0.15, -0.1) is 0 Å². The average molecular weight is 326 g/mol. The minimum absolute atomic E-state index is 0.0271. The Hall–Kier alpha value is -1.62. The van der Waals surface area contributed by atoms with E-state index in [0.29, 0.717) is 30.3 Å². The second-order valence-electron chi connectivity index (χ2n) is 6.65. The molecule has 0 saturated carbocycles. The van der Waals surface area contributed by atoms with E-state index in [9.17, 15) is 4.79 Å². The number of nitrogens with two attached hydrogens (primary N) is 1. The molecule has 0 aromatic heterocycles. The highest BCUT2D eigenvalue weighted by molar-refractivity contribution is 6.34. The molecule has 2 N–H and O–H groups in total. The second kappa shape index (κ2) is 6.24. The zero-order valence-corrected chi connectivity index (χ0v) is 14.4. The maximum Gasteiger partial charge on any atom is 0.410 e. The first kappa shape index (κ1) is 16.7. The molecule has 0 aliphatic carbocycles. The van der Waals surface area contributed by atoms with Crippen molar-refractivity contribution in [1.82, 2.24) is 4.90 Å². The number of benzene rings is 1. The van der Waals surface area contributed by atoms with E-state index in [1.165, 1.54) is 0 Å². The molecular weight excluding hydrogens is 302 g/mol. The number of anilines is 2. The average Bonchev–Trinajstić information content (AvgIpc) is 2.36. The van der Waals surface area contributed by atoms with Crippen LogP contribution in [0.1, 0.15) is 27.7 Å². The highest BCUT2D eigenvalue weighted by atomic mass is 35.5. The van der Waals surface area contributed by atoms with Crippen molar-refractivity contribution in [2.75, 3.05) is 30.3 Å². The summed E-state index contributed by atoms with van der Waals surface area (Å²) in [6.45, 7) is 9.55. The van der Waals surface area contributed by atoms with Gasteiger partial charge in [0.15, 0.2) is 0 Å². The van der Waals surface area contributed by atoms with Crippen LogP contribution in [0.5, 0.6) is 0 Å². The summed E-state index contributed by atoms with van der Waals surface area (Å²) in [5.41, 5.74) is 7.06. The molecular formula is C16H24ClN3O2. The first-order valence-electron chi connectivity index (χ1n) is 7.47. The van der Waals surface area contributed by atoms with Crippen molar-refractivity contribution < 1.29 is 9.53 Å². The molecule has 1 atom stereocenters. The van der Waals surface area contributed by atoms with Crippen LogP contribution in [0.15, 0.2) is 18.2 Å². The molecule has 122 valence electrons. The number of carbonyl (C=O) groups excluding carboxylic acids is 1. The maximum atomic E-state index is 12.2. The first-order chi connectivity index (χ1) is 10.2. The molecule has 1 amide bonds. The van der Waals surface area contributed by atoms with Gasteiger partial charge in [0.2, 0.25) is 0 Å². The Labute approximate surface area is 137 Å². The number of rotatable bonds is 1. The lowest BCUT2D eigenvalue weighted by Gasteiger charge is -2.41. The highest BCUT2D eigenvalue weighted by Gasteiger charge is 2.31. The standard InChI is InChI=1S/C16H24ClN3O2/c1-11-10-19(14-12(17)6-5-7-13(14)18)8-9-20(11)15(21)22-16(2,3)4/h5-7,11H,8-10,18H2,1-4H3/t11-/m1/s1. The van der Waals surface area contributed by atoms with Crippen molar-refractivity contribution in [3.63, 3.8) is 0 Å². The van der Waals surface area contributed by atoms with Gasteiger partial charge in [0.1, 0.15) is 5.60 Å². The third kappa shape index (κ3) is 3.77. The van der Waals surface area contributed by atoms with Crippen LogP contribution in [-0.2, 0) is 4.74 Å². The maximum absolute atomic E-state index is 12.2. The van der Waals surface area contributed by atoms with E-state index in [-0.39, 0.29) is 12.1 Å². The van der Waals surface area contributed by atoms with E-state index in [2.05, 4.69) is 4.90 Å². The Bertz CT molecular complexity index is 537. The molecule has 1 heterocycles. The number of nitrogen functional groups attached to an aromatic ring is 1. The van der Waals surface area contributed by atoms with Crippen LogP contribution in [0.4, 0.5) is 16.2 Å².